The van der Waals surface area contributed by atoms with E-state index in [1.54, 1.807) is 0 Å². The molecule has 1 saturated heterocycles. The lowest BCUT2D eigenvalue weighted by molar-refractivity contribution is 0.366. The van der Waals surface area contributed by atoms with Crippen LogP contribution in [-0.2, 0) is 0 Å². The van der Waals surface area contributed by atoms with Gasteiger partial charge in [-0.3, -0.25) is 0 Å². The fourth-order valence-electron chi connectivity index (χ4n) is 1.09. The maximum Gasteiger partial charge on any atom is 0.225 e. The molecule has 1 aliphatic heterocycles. The Balaban J connectivity index is 2.30. The highest BCUT2D eigenvalue weighted by Crippen LogP contribution is 2.19. The second-order valence-corrected chi connectivity index (χ2v) is 2.71. The predicted molar refractivity (Wildman–Crippen MR) is 44.0 cm³/mol. The Morgan fingerprint density at radius 2 is 1.75 bits per heavy atom. The van der Waals surface area contributed by atoms with Crippen molar-refractivity contribution in [2.24, 2.45) is 0 Å². The van der Waals surface area contributed by atoms with Gasteiger partial charge in [-0.25, -0.2) is 0 Å². The summed E-state index contributed by atoms with van der Waals surface area (Å²) in [7, 11) is 0. The third-order valence-electron chi connectivity index (χ3n) is 1.82. The number of rotatable bonds is 1. The van der Waals surface area contributed by atoms with E-state index in [4.69, 9.17) is 11.5 Å². The van der Waals surface area contributed by atoms with Crippen LogP contribution >= 0.6 is 0 Å². The molecule has 2 rings (SSSR count). The van der Waals surface area contributed by atoms with Gasteiger partial charge in [0, 0.05) is 0 Å². The van der Waals surface area contributed by atoms with E-state index in [1.807, 2.05) is 0 Å². The summed E-state index contributed by atoms with van der Waals surface area (Å²) in [6.07, 6.45) is 1.03. The van der Waals surface area contributed by atoms with E-state index >= 15 is 0 Å². The van der Waals surface area contributed by atoms with E-state index in [9.17, 15) is 0 Å². The Bertz CT molecular complexity index is 274. The monoisotopic (exact) mass is 166 g/mol. The molecule has 6 heteroatoms. The zero-order valence-corrected chi connectivity index (χ0v) is 6.49. The first-order valence-electron chi connectivity index (χ1n) is 3.76. The molecule has 1 fully saturated rings. The number of nitrogen functional groups attached to an aromatic ring is 2. The van der Waals surface area contributed by atoms with Crippen molar-refractivity contribution in [2.45, 2.75) is 12.5 Å². The molecule has 1 aliphatic rings. The molecule has 0 aromatic carbocycles. The zero-order valence-electron chi connectivity index (χ0n) is 6.49. The molecular formula is C6H10N6. The second-order valence-electron chi connectivity index (χ2n) is 2.71. The van der Waals surface area contributed by atoms with Crippen molar-refractivity contribution >= 4 is 11.9 Å². The second kappa shape index (κ2) is 2.56. The number of hydrogen-bond acceptors (Lipinski definition) is 6. The van der Waals surface area contributed by atoms with Crippen molar-refractivity contribution in [3.63, 3.8) is 0 Å². The van der Waals surface area contributed by atoms with Gasteiger partial charge in [0.1, 0.15) is 0 Å². The average molecular weight is 166 g/mol. The maximum atomic E-state index is 5.41. The number of nitrogens with two attached hydrogens (primary N) is 2. The molecule has 0 saturated carbocycles. The van der Waals surface area contributed by atoms with Gasteiger partial charge in [0.05, 0.1) is 6.04 Å². The normalized spacial score (nSPS) is 21.8. The topological polar surface area (TPSA) is 103 Å². The van der Waals surface area contributed by atoms with Gasteiger partial charge in [0.2, 0.25) is 11.9 Å². The van der Waals surface area contributed by atoms with Crippen molar-refractivity contribution in [3.05, 3.63) is 5.82 Å². The average Bonchev–Trinajstić information content (AvgIpc) is 1.79. The SMILES string of the molecule is Nc1nc(N)nc(C2CCN2)n1. The molecule has 1 unspecified atom stereocenters. The van der Waals surface area contributed by atoms with Gasteiger partial charge >= 0.3 is 0 Å². The summed E-state index contributed by atoms with van der Waals surface area (Å²) < 4.78 is 0. The van der Waals surface area contributed by atoms with E-state index in [2.05, 4.69) is 20.3 Å². The Morgan fingerprint density at radius 1 is 1.17 bits per heavy atom. The van der Waals surface area contributed by atoms with Crippen molar-refractivity contribution in [1.82, 2.24) is 20.3 Å². The van der Waals surface area contributed by atoms with Crippen LogP contribution in [0.1, 0.15) is 18.3 Å². The minimum absolute atomic E-state index is 0.186. The fourth-order valence-corrected chi connectivity index (χ4v) is 1.09. The van der Waals surface area contributed by atoms with Crippen LogP contribution in [0.15, 0.2) is 0 Å². The van der Waals surface area contributed by atoms with Crippen LogP contribution in [0.3, 0.4) is 0 Å². The quantitative estimate of drug-likeness (QED) is 0.498. The minimum Gasteiger partial charge on any atom is -0.368 e. The van der Waals surface area contributed by atoms with Crippen LogP contribution in [0, 0.1) is 0 Å². The molecule has 64 valence electrons. The van der Waals surface area contributed by atoms with Crippen molar-refractivity contribution < 1.29 is 0 Å². The van der Waals surface area contributed by atoms with Crippen LogP contribution < -0.4 is 16.8 Å². The number of anilines is 2. The third-order valence-corrected chi connectivity index (χ3v) is 1.82. The molecule has 0 radical (unpaired) electrons. The third kappa shape index (κ3) is 1.16. The summed E-state index contributed by atoms with van der Waals surface area (Å²) in [5, 5.41) is 3.15. The molecule has 1 aromatic rings. The molecule has 1 atom stereocenters. The Morgan fingerprint density at radius 3 is 2.17 bits per heavy atom. The van der Waals surface area contributed by atoms with Crippen molar-refractivity contribution in [3.8, 4) is 0 Å². The summed E-state index contributed by atoms with van der Waals surface area (Å²) in [5.41, 5.74) is 10.8. The van der Waals surface area contributed by atoms with Gasteiger partial charge in [0.25, 0.3) is 0 Å². The molecule has 6 nitrogen and oxygen atoms in total. The molecule has 1 aromatic heterocycles. The van der Waals surface area contributed by atoms with Gasteiger partial charge in [-0.05, 0) is 13.0 Å². The largest absolute Gasteiger partial charge is 0.368 e. The van der Waals surface area contributed by atoms with Gasteiger partial charge in [-0.1, -0.05) is 0 Å². The number of hydrogen-bond donors (Lipinski definition) is 3. The summed E-state index contributed by atoms with van der Waals surface area (Å²) in [5.74, 6) is 1.02. The van der Waals surface area contributed by atoms with E-state index in [0.717, 1.165) is 13.0 Å². The molecule has 0 amide bonds. The summed E-state index contributed by atoms with van der Waals surface area (Å²) in [4.78, 5) is 11.6. The van der Waals surface area contributed by atoms with Gasteiger partial charge in [-0.15, -0.1) is 0 Å². The Labute approximate surface area is 69.4 Å². The Hall–Kier alpha value is -1.43. The zero-order chi connectivity index (χ0) is 8.55. The lowest BCUT2D eigenvalue weighted by Gasteiger charge is -2.25. The van der Waals surface area contributed by atoms with Crippen LogP contribution in [-0.4, -0.2) is 21.5 Å². The van der Waals surface area contributed by atoms with Crippen LogP contribution in [0.25, 0.3) is 0 Å². The van der Waals surface area contributed by atoms with Gasteiger partial charge in [0.15, 0.2) is 5.82 Å². The first kappa shape index (κ1) is 7.23. The van der Waals surface area contributed by atoms with Crippen LogP contribution in [0.5, 0.6) is 0 Å². The highest BCUT2D eigenvalue weighted by Gasteiger charge is 2.21. The maximum absolute atomic E-state index is 5.41. The summed E-state index contributed by atoms with van der Waals surface area (Å²) >= 11 is 0. The number of nitrogens with zero attached hydrogens (tertiary/aromatic N) is 3. The van der Waals surface area contributed by atoms with E-state index < -0.39 is 0 Å². The Kier molecular flexibility index (Phi) is 1.54. The summed E-state index contributed by atoms with van der Waals surface area (Å²) in [6, 6.07) is 0.206. The number of nitrogens with one attached hydrogen (secondary N) is 1. The molecule has 5 N–H and O–H groups in total. The van der Waals surface area contributed by atoms with Crippen LogP contribution in [0.4, 0.5) is 11.9 Å². The highest BCUT2D eigenvalue weighted by molar-refractivity contribution is 5.27. The minimum atomic E-state index is 0.186. The fraction of sp³-hybridized carbons (Fsp3) is 0.500. The lowest BCUT2D eigenvalue weighted by atomic mass is 10.1. The molecule has 0 spiro atoms. The lowest BCUT2D eigenvalue weighted by Crippen LogP contribution is -2.36. The molecule has 0 bridgehead atoms. The molecular weight excluding hydrogens is 156 g/mol. The molecule has 2 heterocycles. The van der Waals surface area contributed by atoms with Crippen LogP contribution in [0.2, 0.25) is 0 Å². The predicted octanol–water partition coefficient (Wildman–Crippen LogP) is -0.930. The van der Waals surface area contributed by atoms with E-state index in [0.29, 0.717) is 5.82 Å². The highest BCUT2D eigenvalue weighted by atomic mass is 15.2. The molecule has 12 heavy (non-hydrogen) atoms. The van der Waals surface area contributed by atoms with E-state index in [-0.39, 0.29) is 17.9 Å². The smallest absolute Gasteiger partial charge is 0.225 e. The van der Waals surface area contributed by atoms with Gasteiger partial charge in [-0.2, -0.15) is 15.0 Å². The van der Waals surface area contributed by atoms with Crippen molar-refractivity contribution in [1.29, 1.82) is 0 Å². The van der Waals surface area contributed by atoms with Crippen molar-refractivity contribution in [2.75, 3.05) is 18.0 Å². The summed E-state index contributed by atoms with van der Waals surface area (Å²) in [6.45, 7) is 0.996. The standard InChI is InChI=1S/C6H10N6/c7-5-10-4(3-1-2-9-3)11-6(8)12-5/h3,9H,1-2H2,(H4,7,8,10,11,12). The molecule has 0 aliphatic carbocycles. The van der Waals surface area contributed by atoms with E-state index in [1.165, 1.54) is 0 Å². The first-order valence-corrected chi connectivity index (χ1v) is 3.76. The van der Waals surface area contributed by atoms with Gasteiger partial charge < -0.3 is 16.8 Å². The number of aromatic nitrogens is 3. The first-order chi connectivity index (χ1) is 5.75.